The topological polar surface area (TPSA) is 83.0 Å². The molecule has 7 nitrogen and oxygen atoms in total. The number of allylic oxidation sites excluding steroid dienone is 1. The molecule has 0 N–H and O–H groups in total. The van der Waals surface area contributed by atoms with Crippen LogP contribution in [0.4, 0.5) is 0 Å². The average molecular weight is 675 g/mol. The summed E-state index contributed by atoms with van der Waals surface area (Å²) in [6.45, 7) is 5.29. The first kappa shape index (κ1) is 25.2. The van der Waals surface area contributed by atoms with E-state index in [9.17, 15) is 9.59 Å². The zero-order valence-electron chi connectivity index (χ0n) is 18.5. The lowest BCUT2D eigenvalue weighted by Crippen LogP contribution is -2.40. The summed E-state index contributed by atoms with van der Waals surface area (Å²) in [5.74, 6) is 0.499. The van der Waals surface area contributed by atoms with Crippen LogP contribution in [0.25, 0.3) is 6.08 Å². The van der Waals surface area contributed by atoms with E-state index in [0.717, 1.165) is 8.95 Å². The number of rotatable bonds is 5. The maximum Gasteiger partial charge on any atom is 0.338 e. The Labute approximate surface area is 224 Å². The van der Waals surface area contributed by atoms with Gasteiger partial charge in [0.15, 0.2) is 9.47 Å². The number of hydrogen-bond donors (Lipinski definition) is 0. The highest BCUT2D eigenvalue weighted by Crippen LogP contribution is 2.37. The van der Waals surface area contributed by atoms with Gasteiger partial charge in [-0.2, -0.15) is 0 Å². The van der Waals surface area contributed by atoms with E-state index in [1.807, 2.05) is 12.1 Å². The number of ether oxygens (including phenoxy) is 2. The van der Waals surface area contributed by atoms with Crippen LogP contribution in [-0.2, 0) is 9.53 Å². The van der Waals surface area contributed by atoms with Gasteiger partial charge in [0.05, 0.1) is 33.5 Å². The number of nitrogens with zero attached hydrogens (tertiary/aromatic N) is 2. The molecule has 3 aromatic rings. The standard InChI is InChI=1S/C23H19Br3N2O5S/c1-10(2)32-22(30)18-11(3)27-23-28(19(18)14-7-12(24)5-6-16(14)31-4)21(29)17(34-23)9-13-8-15(25)20(26)33-13/h5-10,19H,1-4H3/b17-9-/t19-/m1/s1. The van der Waals surface area contributed by atoms with E-state index < -0.39 is 12.0 Å². The normalized spacial score (nSPS) is 16.0. The number of halogens is 3. The van der Waals surface area contributed by atoms with E-state index in [-0.39, 0.29) is 17.2 Å². The zero-order valence-corrected chi connectivity index (χ0v) is 24.1. The van der Waals surface area contributed by atoms with Crippen molar-refractivity contribution in [1.29, 1.82) is 0 Å². The third-order valence-corrected chi connectivity index (χ3v) is 8.19. The van der Waals surface area contributed by atoms with Gasteiger partial charge in [-0.15, -0.1) is 0 Å². The van der Waals surface area contributed by atoms with Crippen LogP contribution in [0.5, 0.6) is 5.75 Å². The first-order valence-electron chi connectivity index (χ1n) is 10.1. The van der Waals surface area contributed by atoms with E-state index in [4.69, 9.17) is 13.9 Å². The second-order valence-corrected chi connectivity index (χ2v) is 11.2. The van der Waals surface area contributed by atoms with E-state index in [2.05, 4.69) is 52.8 Å². The highest BCUT2D eigenvalue weighted by Gasteiger charge is 2.35. The van der Waals surface area contributed by atoms with Gasteiger partial charge in [0.1, 0.15) is 17.6 Å². The highest BCUT2D eigenvalue weighted by atomic mass is 79.9. The predicted molar refractivity (Wildman–Crippen MR) is 140 cm³/mol. The Kier molecular flexibility index (Phi) is 7.37. The van der Waals surface area contributed by atoms with Gasteiger partial charge in [0.2, 0.25) is 0 Å². The molecule has 34 heavy (non-hydrogen) atoms. The molecule has 0 fully saturated rings. The van der Waals surface area contributed by atoms with Gasteiger partial charge < -0.3 is 13.9 Å². The minimum absolute atomic E-state index is 0.285. The van der Waals surface area contributed by atoms with Crippen molar-refractivity contribution in [2.75, 3.05) is 7.11 Å². The molecule has 2 aromatic heterocycles. The largest absolute Gasteiger partial charge is 0.496 e. The first-order valence-corrected chi connectivity index (χ1v) is 13.3. The number of methoxy groups -OCH3 is 1. The van der Waals surface area contributed by atoms with Crippen LogP contribution in [0.2, 0.25) is 0 Å². The van der Waals surface area contributed by atoms with Crippen LogP contribution in [0.15, 0.2) is 63.4 Å². The van der Waals surface area contributed by atoms with E-state index in [1.165, 1.54) is 15.9 Å². The lowest BCUT2D eigenvalue weighted by atomic mass is 9.95. The third-order valence-electron chi connectivity index (χ3n) is 5.01. The summed E-state index contributed by atoms with van der Waals surface area (Å²) in [4.78, 5) is 31.9. The van der Waals surface area contributed by atoms with Crippen LogP contribution in [0, 0.1) is 0 Å². The Morgan fingerprint density at radius 1 is 1.26 bits per heavy atom. The van der Waals surface area contributed by atoms with Crippen molar-refractivity contribution < 1.29 is 18.7 Å². The fraction of sp³-hybridized carbons (Fsp3) is 0.261. The summed E-state index contributed by atoms with van der Waals surface area (Å²) in [7, 11) is 1.55. The molecule has 11 heteroatoms. The lowest BCUT2D eigenvalue weighted by molar-refractivity contribution is -0.143. The summed E-state index contributed by atoms with van der Waals surface area (Å²) in [5.41, 5.74) is 1.10. The molecule has 0 spiro atoms. The summed E-state index contributed by atoms with van der Waals surface area (Å²) in [5, 5.41) is 0. The van der Waals surface area contributed by atoms with Crippen molar-refractivity contribution >= 4 is 71.2 Å². The number of hydrogen-bond acceptors (Lipinski definition) is 7. The number of aromatic nitrogens is 1. The molecule has 1 aliphatic heterocycles. The number of thiazole rings is 1. The number of fused-ring (bicyclic) bond motifs is 1. The van der Waals surface area contributed by atoms with Crippen molar-refractivity contribution in [1.82, 2.24) is 4.57 Å². The monoisotopic (exact) mass is 672 g/mol. The average Bonchev–Trinajstić information content (AvgIpc) is 3.24. The highest BCUT2D eigenvalue weighted by molar-refractivity contribution is 9.13. The molecule has 1 aromatic carbocycles. The van der Waals surface area contributed by atoms with E-state index in [1.54, 1.807) is 46.1 Å². The predicted octanol–water partition coefficient (Wildman–Crippen LogP) is 5.08. The van der Waals surface area contributed by atoms with Gasteiger partial charge in [-0.25, -0.2) is 9.79 Å². The van der Waals surface area contributed by atoms with Crippen LogP contribution >= 0.6 is 59.1 Å². The zero-order chi connectivity index (χ0) is 24.7. The fourth-order valence-electron chi connectivity index (χ4n) is 3.64. The molecule has 0 saturated heterocycles. The van der Waals surface area contributed by atoms with E-state index >= 15 is 0 Å². The summed E-state index contributed by atoms with van der Waals surface area (Å²) >= 11 is 11.4. The molecule has 1 aliphatic rings. The minimum atomic E-state index is -0.785. The smallest absolute Gasteiger partial charge is 0.338 e. The minimum Gasteiger partial charge on any atom is -0.496 e. The van der Waals surface area contributed by atoms with Gasteiger partial charge in [0, 0.05) is 16.1 Å². The molecule has 0 saturated carbocycles. The Hall–Kier alpha value is -1.95. The second kappa shape index (κ2) is 9.96. The van der Waals surface area contributed by atoms with Gasteiger partial charge >= 0.3 is 5.97 Å². The van der Waals surface area contributed by atoms with Crippen molar-refractivity contribution in [2.24, 2.45) is 4.99 Å². The maximum absolute atomic E-state index is 13.7. The molecule has 0 bridgehead atoms. The maximum atomic E-state index is 13.7. The number of benzene rings is 1. The van der Waals surface area contributed by atoms with Gasteiger partial charge in [0.25, 0.3) is 5.56 Å². The molecule has 0 unspecified atom stereocenters. The molecular weight excluding hydrogens is 656 g/mol. The van der Waals surface area contributed by atoms with Crippen LogP contribution in [0.1, 0.15) is 38.1 Å². The first-order chi connectivity index (χ1) is 16.1. The quantitative estimate of drug-likeness (QED) is 0.353. The molecule has 0 radical (unpaired) electrons. The van der Waals surface area contributed by atoms with Crippen LogP contribution in [-0.4, -0.2) is 23.8 Å². The molecule has 0 aliphatic carbocycles. The summed E-state index contributed by atoms with van der Waals surface area (Å²) in [6.07, 6.45) is 1.32. The Morgan fingerprint density at radius 2 is 2.00 bits per heavy atom. The molecule has 0 amide bonds. The van der Waals surface area contributed by atoms with Gasteiger partial charge in [-0.3, -0.25) is 9.36 Å². The van der Waals surface area contributed by atoms with Crippen LogP contribution < -0.4 is 19.6 Å². The van der Waals surface area contributed by atoms with Crippen molar-refractivity contribution in [3.63, 3.8) is 0 Å². The Morgan fingerprint density at radius 3 is 2.62 bits per heavy atom. The van der Waals surface area contributed by atoms with Crippen molar-refractivity contribution in [3.8, 4) is 5.75 Å². The number of furan rings is 1. The molecule has 3 heterocycles. The van der Waals surface area contributed by atoms with Gasteiger partial charge in [-0.1, -0.05) is 27.3 Å². The number of carbonyl (C=O) groups is 1. The Balaban J connectivity index is 2.01. The molecular formula is C23H19Br3N2O5S. The molecule has 4 rings (SSSR count). The third kappa shape index (κ3) is 4.75. The number of carbonyl (C=O) groups excluding carboxylic acids is 1. The summed E-state index contributed by atoms with van der Waals surface area (Å²) in [6, 6.07) is 6.43. The van der Waals surface area contributed by atoms with Crippen molar-refractivity contribution in [3.05, 3.63) is 80.2 Å². The lowest BCUT2D eigenvalue weighted by Gasteiger charge is -2.26. The van der Waals surface area contributed by atoms with Crippen LogP contribution in [0.3, 0.4) is 0 Å². The van der Waals surface area contributed by atoms with Crippen molar-refractivity contribution in [2.45, 2.75) is 32.9 Å². The molecule has 1 atom stereocenters. The summed E-state index contributed by atoms with van der Waals surface area (Å²) < 4.78 is 20.7. The Bertz CT molecular complexity index is 1480. The number of esters is 1. The van der Waals surface area contributed by atoms with E-state index in [0.29, 0.717) is 36.8 Å². The van der Waals surface area contributed by atoms with Gasteiger partial charge in [-0.05, 0) is 76.9 Å². The SMILES string of the molecule is COc1ccc(Br)cc1[C@@H]1C(C(=O)OC(C)C)=C(C)N=c2s/c(=C\c3cc(Br)c(Br)o3)c(=O)n21. The molecule has 178 valence electrons. The fourth-order valence-corrected chi connectivity index (χ4v) is 5.65. The second-order valence-electron chi connectivity index (χ2n) is 7.69.